The highest BCUT2D eigenvalue weighted by Gasteiger charge is 2.23. The van der Waals surface area contributed by atoms with Crippen LogP contribution in [-0.2, 0) is 0 Å². The van der Waals surface area contributed by atoms with Crippen molar-refractivity contribution in [3.63, 3.8) is 0 Å². The lowest BCUT2D eigenvalue weighted by molar-refractivity contribution is 0.0696. The number of aryl methyl sites for hydroxylation is 1. The monoisotopic (exact) mass is 353 g/mol. The molecule has 0 unspecified atom stereocenters. The molecule has 6 nitrogen and oxygen atoms in total. The summed E-state index contributed by atoms with van der Waals surface area (Å²) in [6.07, 6.45) is 3.56. The molecule has 0 radical (unpaired) electrons. The van der Waals surface area contributed by atoms with Gasteiger partial charge in [0, 0.05) is 18.7 Å². The van der Waals surface area contributed by atoms with Crippen molar-refractivity contribution < 1.29 is 14.7 Å². The van der Waals surface area contributed by atoms with E-state index in [1.807, 2.05) is 24.0 Å². The van der Waals surface area contributed by atoms with Gasteiger partial charge < -0.3 is 15.3 Å². The van der Waals surface area contributed by atoms with E-state index in [0.29, 0.717) is 23.0 Å². The summed E-state index contributed by atoms with van der Waals surface area (Å²) in [4.78, 5) is 30.4. The highest BCUT2D eigenvalue weighted by atomic mass is 16.4. The Morgan fingerprint density at radius 2 is 1.96 bits per heavy atom. The van der Waals surface area contributed by atoms with Crippen LogP contribution in [-0.4, -0.2) is 35.1 Å². The molecule has 26 heavy (non-hydrogen) atoms. The number of aromatic nitrogens is 1. The average molecular weight is 353 g/mol. The van der Waals surface area contributed by atoms with Gasteiger partial charge in [-0.2, -0.15) is 0 Å². The molecule has 1 amide bonds. The van der Waals surface area contributed by atoms with Crippen molar-refractivity contribution in [3.05, 3.63) is 53.2 Å². The predicted octanol–water partition coefficient (Wildman–Crippen LogP) is 3.58. The van der Waals surface area contributed by atoms with E-state index in [1.54, 1.807) is 12.1 Å². The summed E-state index contributed by atoms with van der Waals surface area (Å²) >= 11 is 0. The first kappa shape index (κ1) is 17.9. The first-order chi connectivity index (χ1) is 12.4. The fourth-order valence-electron chi connectivity index (χ4n) is 3.15. The van der Waals surface area contributed by atoms with Crippen LogP contribution >= 0.6 is 0 Å². The van der Waals surface area contributed by atoms with E-state index in [0.717, 1.165) is 31.5 Å². The zero-order chi connectivity index (χ0) is 18.7. The van der Waals surface area contributed by atoms with Crippen molar-refractivity contribution in [2.45, 2.75) is 26.7 Å². The average Bonchev–Trinajstić information content (AvgIpc) is 2.62. The fourth-order valence-corrected chi connectivity index (χ4v) is 3.15. The lowest BCUT2D eigenvalue weighted by Gasteiger charge is -2.32. The number of benzene rings is 1. The summed E-state index contributed by atoms with van der Waals surface area (Å²) in [5.41, 5.74) is 2.00. The third-order valence-corrected chi connectivity index (χ3v) is 4.72. The highest BCUT2D eigenvalue weighted by Crippen LogP contribution is 2.26. The summed E-state index contributed by atoms with van der Waals surface area (Å²) in [5, 5.41) is 12.3. The standard InChI is InChI=1S/C20H23N3O3/c1-13-6-8-23(9-7-13)18-17(20(25)26)11-16(12-21-18)22-19(24)15-5-3-4-14(2)10-15/h3-5,10-13H,6-9H2,1-2H3,(H,22,24)(H,25,26). The Morgan fingerprint density at radius 1 is 1.23 bits per heavy atom. The Labute approximate surface area is 152 Å². The minimum absolute atomic E-state index is 0.113. The zero-order valence-electron chi connectivity index (χ0n) is 15.0. The lowest BCUT2D eigenvalue weighted by atomic mass is 9.99. The smallest absolute Gasteiger partial charge is 0.339 e. The SMILES string of the molecule is Cc1cccc(C(=O)Nc2cnc(N3CCC(C)CC3)c(C(=O)O)c2)c1. The van der Waals surface area contributed by atoms with Crippen molar-refractivity contribution >= 4 is 23.4 Å². The topological polar surface area (TPSA) is 82.5 Å². The van der Waals surface area contributed by atoms with Crippen LogP contribution in [0.15, 0.2) is 36.5 Å². The predicted molar refractivity (Wildman–Crippen MR) is 101 cm³/mol. The molecular weight excluding hydrogens is 330 g/mol. The van der Waals surface area contributed by atoms with Crippen LogP contribution in [0, 0.1) is 12.8 Å². The van der Waals surface area contributed by atoms with Crippen LogP contribution in [0.5, 0.6) is 0 Å². The molecule has 1 aromatic carbocycles. The molecule has 1 aliphatic rings. The van der Waals surface area contributed by atoms with Crippen LogP contribution in [0.3, 0.4) is 0 Å². The molecule has 2 heterocycles. The minimum atomic E-state index is -1.04. The summed E-state index contributed by atoms with van der Waals surface area (Å²) in [6.45, 7) is 5.70. The van der Waals surface area contributed by atoms with Gasteiger partial charge in [-0.3, -0.25) is 4.79 Å². The normalized spacial score (nSPS) is 14.9. The first-order valence-corrected chi connectivity index (χ1v) is 8.80. The van der Waals surface area contributed by atoms with Crippen molar-refractivity contribution in [2.24, 2.45) is 5.92 Å². The van der Waals surface area contributed by atoms with Crippen molar-refractivity contribution in [1.29, 1.82) is 0 Å². The van der Waals surface area contributed by atoms with Crippen LogP contribution in [0.4, 0.5) is 11.5 Å². The van der Waals surface area contributed by atoms with E-state index in [9.17, 15) is 14.7 Å². The second-order valence-corrected chi connectivity index (χ2v) is 6.89. The summed E-state index contributed by atoms with van der Waals surface area (Å²) in [6, 6.07) is 8.71. The van der Waals surface area contributed by atoms with Gasteiger partial charge in [-0.25, -0.2) is 9.78 Å². The van der Waals surface area contributed by atoms with Crippen LogP contribution in [0.25, 0.3) is 0 Å². The Morgan fingerprint density at radius 3 is 2.62 bits per heavy atom. The van der Waals surface area contributed by atoms with Gasteiger partial charge in [-0.1, -0.05) is 24.6 Å². The maximum Gasteiger partial charge on any atom is 0.339 e. The van der Waals surface area contributed by atoms with Crippen molar-refractivity contribution in [2.75, 3.05) is 23.3 Å². The largest absolute Gasteiger partial charge is 0.478 e. The molecule has 0 saturated carbocycles. The minimum Gasteiger partial charge on any atom is -0.478 e. The lowest BCUT2D eigenvalue weighted by Crippen LogP contribution is -2.34. The summed E-state index contributed by atoms with van der Waals surface area (Å²) in [7, 11) is 0. The Hall–Kier alpha value is -2.89. The van der Waals surface area contributed by atoms with Crippen LogP contribution in [0.2, 0.25) is 0 Å². The molecule has 136 valence electrons. The molecule has 1 aliphatic heterocycles. The molecule has 2 N–H and O–H groups in total. The molecule has 1 saturated heterocycles. The highest BCUT2D eigenvalue weighted by molar-refractivity contribution is 6.05. The molecule has 0 bridgehead atoms. The first-order valence-electron chi connectivity index (χ1n) is 8.80. The molecule has 2 aromatic rings. The van der Waals surface area contributed by atoms with Gasteiger partial charge in [0.05, 0.1) is 11.9 Å². The number of rotatable bonds is 4. The van der Waals surface area contributed by atoms with E-state index >= 15 is 0 Å². The number of amides is 1. The number of carbonyl (C=O) groups is 2. The maximum atomic E-state index is 12.4. The number of nitrogens with zero attached hydrogens (tertiary/aromatic N) is 2. The number of aromatic carboxylic acids is 1. The quantitative estimate of drug-likeness (QED) is 0.878. The zero-order valence-corrected chi connectivity index (χ0v) is 15.0. The van der Waals surface area contributed by atoms with Gasteiger partial charge in [0.1, 0.15) is 11.4 Å². The van der Waals surface area contributed by atoms with Gasteiger partial charge in [-0.05, 0) is 43.9 Å². The molecule has 3 rings (SSSR count). The van der Waals surface area contributed by atoms with E-state index in [1.165, 1.54) is 12.3 Å². The number of piperidine rings is 1. The Bertz CT molecular complexity index is 827. The Kier molecular flexibility index (Phi) is 5.21. The third-order valence-electron chi connectivity index (χ3n) is 4.72. The van der Waals surface area contributed by atoms with Crippen LogP contribution < -0.4 is 10.2 Å². The van der Waals surface area contributed by atoms with Gasteiger partial charge in [0.2, 0.25) is 0 Å². The van der Waals surface area contributed by atoms with Crippen molar-refractivity contribution in [1.82, 2.24) is 4.98 Å². The van der Waals surface area contributed by atoms with Gasteiger partial charge in [0.15, 0.2) is 0 Å². The number of anilines is 2. The number of nitrogens with one attached hydrogen (secondary N) is 1. The Balaban J connectivity index is 1.82. The number of carboxylic acids is 1. The second kappa shape index (κ2) is 7.56. The molecule has 6 heteroatoms. The van der Waals surface area contributed by atoms with E-state index in [2.05, 4.69) is 17.2 Å². The van der Waals surface area contributed by atoms with Gasteiger partial charge in [-0.15, -0.1) is 0 Å². The molecule has 1 aromatic heterocycles. The third kappa shape index (κ3) is 4.02. The summed E-state index contributed by atoms with van der Waals surface area (Å²) < 4.78 is 0. The van der Waals surface area contributed by atoms with E-state index in [4.69, 9.17) is 0 Å². The van der Waals surface area contributed by atoms with Crippen LogP contribution in [0.1, 0.15) is 46.0 Å². The van der Waals surface area contributed by atoms with E-state index < -0.39 is 5.97 Å². The molecular formula is C20H23N3O3. The molecule has 0 aliphatic carbocycles. The molecule has 1 fully saturated rings. The fraction of sp³-hybridized carbons (Fsp3) is 0.350. The second-order valence-electron chi connectivity index (χ2n) is 6.89. The summed E-state index contributed by atoms with van der Waals surface area (Å²) in [5.74, 6) is -0.213. The number of pyridine rings is 1. The number of carboxylic acid groups (broad SMARTS) is 1. The number of hydrogen-bond acceptors (Lipinski definition) is 4. The number of carbonyl (C=O) groups excluding carboxylic acids is 1. The molecule has 0 atom stereocenters. The molecule has 0 spiro atoms. The maximum absolute atomic E-state index is 12.4. The van der Waals surface area contributed by atoms with Crippen molar-refractivity contribution in [3.8, 4) is 0 Å². The van der Waals surface area contributed by atoms with E-state index in [-0.39, 0.29) is 11.5 Å². The number of hydrogen-bond donors (Lipinski definition) is 2. The van der Waals surface area contributed by atoms with Gasteiger partial charge >= 0.3 is 5.97 Å². The van der Waals surface area contributed by atoms with Gasteiger partial charge in [0.25, 0.3) is 5.91 Å².